The molecule has 0 saturated heterocycles. The smallest absolute Gasteiger partial charge is 0.213 e. The van der Waals surface area contributed by atoms with Crippen molar-refractivity contribution in [3.8, 4) is 17.1 Å². The van der Waals surface area contributed by atoms with Crippen LogP contribution in [-0.4, -0.2) is 27.5 Å². The molecule has 21 heavy (non-hydrogen) atoms. The molecule has 3 aromatic rings. The zero-order valence-electron chi connectivity index (χ0n) is 11.6. The lowest BCUT2D eigenvalue weighted by Crippen LogP contribution is -2.02. The van der Waals surface area contributed by atoms with Crippen molar-refractivity contribution in [3.05, 3.63) is 54.4 Å². The monoisotopic (exact) mass is 281 g/mol. The van der Waals surface area contributed by atoms with E-state index < -0.39 is 0 Å². The summed E-state index contributed by atoms with van der Waals surface area (Å²) in [4.78, 5) is 4.15. The molecule has 0 bridgehead atoms. The lowest BCUT2D eigenvalue weighted by atomic mass is 10.1. The Bertz CT molecular complexity index is 694. The summed E-state index contributed by atoms with van der Waals surface area (Å²) in [6.45, 7) is 0.564. The highest BCUT2D eigenvalue weighted by Gasteiger charge is 2.09. The molecule has 2 N–H and O–H groups in total. The third-order valence-electron chi connectivity index (χ3n) is 3.07. The largest absolute Gasteiger partial charge is 0.481 e. The Morgan fingerprint density at radius 3 is 2.67 bits per heavy atom. The van der Waals surface area contributed by atoms with E-state index in [9.17, 15) is 0 Å². The number of H-pyrrole nitrogens is 1. The number of aromatic nitrogens is 4. The third kappa shape index (κ3) is 3.00. The number of pyridine rings is 1. The Morgan fingerprint density at radius 1 is 1.10 bits per heavy atom. The van der Waals surface area contributed by atoms with Gasteiger partial charge >= 0.3 is 0 Å². The molecule has 0 unspecified atom stereocenters. The van der Waals surface area contributed by atoms with Crippen molar-refractivity contribution in [2.45, 2.75) is 6.54 Å². The van der Waals surface area contributed by atoms with Gasteiger partial charge in [0.15, 0.2) is 0 Å². The first-order valence-electron chi connectivity index (χ1n) is 6.56. The summed E-state index contributed by atoms with van der Waals surface area (Å²) in [7, 11) is 1.59. The Labute approximate surface area is 122 Å². The number of hydrogen-bond acceptors (Lipinski definition) is 5. The standard InChI is InChI=1S/C15H15N5O/c1-21-14-8-7-12(9-17-14)16-10-13-15(19-20-18-13)11-5-3-2-4-6-11/h2-9,16H,10H2,1H3,(H,18,19,20). The van der Waals surface area contributed by atoms with Gasteiger partial charge in [0, 0.05) is 11.6 Å². The van der Waals surface area contributed by atoms with Crippen molar-refractivity contribution in [1.29, 1.82) is 0 Å². The fourth-order valence-electron chi connectivity index (χ4n) is 1.99. The maximum atomic E-state index is 5.03. The molecule has 0 aliphatic carbocycles. The molecular formula is C15H15N5O. The van der Waals surface area contributed by atoms with Gasteiger partial charge in [-0.1, -0.05) is 30.3 Å². The Hall–Kier alpha value is -2.89. The van der Waals surface area contributed by atoms with Crippen LogP contribution in [0.2, 0.25) is 0 Å². The first-order chi connectivity index (χ1) is 10.4. The molecule has 0 atom stereocenters. The summed E-state index contributed by atoms with van der Waals surface area (Å²) in [5.74, 6) is 0.590. The summed E-state index contributed by atoms with van der Waals surface area (Å²) in [5, 5.41) is 14.4. The van der Waals surface area contributed by atoms with Gasteiger partial charge in [-0.2, -0.15) is 15.4 Å². The van der Waals surface area contributed by atoms with Crippen LogP contribution in [0.5, 0.6) is 5.88 Å². The number of aromatic amines is 1. The molecule has 0 radical (unpaired) electrons. The van der Waals surface area contributed by atoms with Crippen LogP contribution in [0, 0.1) is 0 Å². The van der Waals surface area contributed by atoms with Crippen molar-refractivity contribution in [1.82, 2.24) is 20.4 Å². The first-order valence-corrected chi connectivity index (χ1v) is 6.56. The van der Waals surface area contributed by atoms with Crippen LogP contribution < -0.4 is 10.1 Å². The molecule has 3 rings (SSSR count). The van der Waals surface area contributed by atoms with E-state index in [-0.39, 0.29) is 0 Å². The van der Waals surface area contributed by atoms with Crippen molar-refractivity contribution >= 4 is 5.69 Å². The van der Waals surface area contributed by atoms with Crippen molar-refractivity contribution in [2.24, 2.45) is 0 Å². The van der Waals surface area contributed by atoms with E-state index in [4.69, 9.17) is 4.74 Å². The van der Waals surface area contributed by atoms with Crippen LogP contribution in [0.15, 0.2) is 48.7 Å². The van der Waals surface area contributed by atoms with E-state index in [1.807, 2.05) is 42.5 Å². The van der Waals surface area contributed by atoms with Crippen LogP contribution in [-0.2, 0) is 6.54 Å². The molecule has 0 saturated carbocycles. The van der Waals surface area contributed by atoms with E-state index in [1.54, 1.807) is 13.3 Å². The highest BCUT2D eigenvalue weighted by molar-refractivity contribution is 5.61. The number of anilines is 1. The normalized spacial score (nSPS) is 10.3. The number of nitrogens with zero attached hydrogens (tertiary/aromatic N) is 3. The van der Waals surface area contributed by atoms with Gasteiger partial charge < -0.3 is 10.1 Å². The maximum absolute atomic E-state index is 5.03. The Morgan fingerprint density at radius 2 is 1.95 bits per heavy atom. The predicted octanol–water partition coefficient (Wildman–Crippen LogP) is 2.49. The number of hydrogen-bond donors (Lipinski definition) is 2. The fraction of sp³-hybridized carbons (Fsp3) is 0.133. The van der Waals surface area contributed by atoms with E-state index in [0.717, 1.165) is 22.6 Å². The minimum absolute atomic E-state index is 0.564. The SMILES string of the molecule is COc1ccc(NCc2n[nH]nc2-c2ccccc2)cn1. The van der Waals surface area contributed by atoms with Crippen molar-refractivity contribution in [2.75, 3.05) is 12.4 Å². The van der Waals surface area contributed by atoms with Crippen LogP contribution in [0.4, 0.5) is 5.69 Å². The molecule has 2 heterocycles. The van der Waals surface area contributed by atoms with Crippen LogP contribution in [0.25, 0.3) is 11.3 Å². The molecule has 0 amide bonds. The molecule has 0 fully saturated rings. The second kappa shape index (κ2) is 6.04. The first kappa shape index (κ1) is 13.1. The summed E-state index contributed by atoms with van der Waals surface area (Å²) < 4.78 is 5.03. The maximum Gasteiger partial charge on any atom is 0.213 e. The van der Waals surface area contributed by atoms with Gasteiger partial charge in [-0.3, -0.25) is 0 Å². The summed E-state index contributed by atoms with van der Waals surface area (Å²) >= 11 is 0. The molecule has 6 nitrogen and oxygen atoms in total. The second-order valence-corrected chi connectivity index (χ2v) is 4.43. The molecule has 0 aliphatic heterocycles. The summed E-state index contributed by atoms with van der Waals surface area (Å²) in [6.07, 6.45) is 1.72. The number of benzene rings is 1. The number of nitrogens with one attached hydrogen (secondary N) is 2. The highest BCUT2D eigenvalue weighted by atomic mass is 16.5. The molecule has 6 heteroatoms. The van der Waals surface area contributed by atoms with Gasteiger partial charge in [0.1, 0.15) is 11.4 Å². The zero-order valence-corrected chi connectivity index (χ0v) is 11.6. The van der Waals surface area contributed by atoms with E-state index >= 15 is 0 Å². The number of rotatable bonds is 5. The Balaban J connectivity index is 1.72. The quantitative estimate of drug-likeness (QED) is 0.751. The van der Waals surface area contributed by atoms with E-state index in [1.165, 1.54) is 0 Å². The molecule has 0 spiro atoms. The lowest BCUT2D eigenvalue weighted by Gasteiger charge is -2.06. The average molecular weight is 281 g/mol. The van der Waals surface area contributed by atoms with Crippen molar-refractivity contribution < 1.29 is 4.74 Å². The van der Waals surface area contributed by atoms with Crippen LogP contribution in [0.1, 0.15) is 5.69 Å². The van der Waals surface area contributed by atoms with Gasteiger partial charge in [-0.25, -0.2) is 4.98 Å². The minimum Gasteiger partial charge on any atom is -0.481 e. The third-order valence-corrected chi connectivity index (χ3v) is 3.07. The molecule has 1 aromatic carbocycles. The lowest BCUT2D eigenvalue weighted by molar-refractivity contribution is 0.398. The topological polar surface area (TPSA) is 75.7 Å². The van der Waals surface area contributed by atoms with Crippen molar-refractivity contribution in [3.63, 3.8) is 0 Å². The predicted molar refractivity (Wildman–Crippen MR) is 79.9 cm³/mol. The van der Waals surface area contributed by atoms with Gasteiger partial charge in [0.25, 0.3) is 0 Å². The van der Waals surface area contributed by atoms with Crippen LogP contribution >= 0.6 is 0 Å². The highest BCUT2D eigenvalue weighted by Crippen LogP contribution is 2.20. The molecule has 2 aromatic heterocycles. The average Bonchev–Trinajstić information content (AvgIpc) is 3.03. The van der Waals surface area contributed by atoms with Gasteiger partial charge in [-0.05, 0) is 6.07 Å². The minimum atomic E-state index is 0.564. The van der Waals surface area contributed by atoms with Gasteiger partial charge in [0.05, 0.1) is 25.5 Å². The molecule has 0 aliphatic rings. The summed E-state index contributed by atoms with van der Waals surface area (Å²) in [6, 6.07) is 13.7. The molecule has 106 valence electrons. The Kier molecular flexibility index (Phi) is 3.77. The summed E-state index contributed by atoms with van der Waals surface area (Å²) in [5.41, 5.74) is 3.65. The van der Waals surface area contributed by atoms with E-state index in [0.29, 0.717) is 12.4 Å². The number of methoxy groups -OCH3 is 1. The zero-order chi connectivity index (χ0) is 14.5. The van der Waals surface area contributed by atoms with Crippen LogP contribution in [0.3, 0.4) is 0 Å². The number of ether oxygens (including phenoxy) is 1. The fourth-order valence-corrected chi connectivity index (χ4v) is 1.99. The van der Waals surface area contributed by atoms with E-state index in [2.05, 4.69) is 25.7 Å². The second-order valence-electron chi connectivity index (χ2n) is 4.43. The van der Waals surface area contributed by atoms with Gasteiger partial charge in [0.2, 0.25) is 5.88 Å². The van der Waals surface area contributed by atoms with Gasteiger partial charge in [-0.15, -0.1) is 0 Å². The molecular weight excluding hydrogens is 266 g/mol.